The largest absolute Gasteiger partial charge is 0.393 e. The van der Waals surface area contributed by atoms with Crippen molar-refractivity contribution in [1.82, 2.24) is 4.98 Å². The number of aliphatic hydroxyl groups is 1. The lowest BCUT2D eigenvalue weighted by Crippen LogP contribution is -2.36. The Morgan fingerprint density at radius 1 is 1.14 bits per heavy atom. The minimum absolute atomic E-state index is 0.0751. The first-order chi connectivity index (χ1) is 14.1. The van der Waals surface area contributed by atoms with Crippen molar-refractivity contribution < 1.29 is 14.7 Å². The van der Waals surface area contributed by atoms with Crippen molar-refractivity contribution in [2.75, 3.05) is 28.2 Å². The molecule has 29 heavy (non-hydrogen) atoms. The van der Waals surface area contributed by atoms with E-state index in [0.29, 0.717) is 23.7 Å². The van der Waals surface area contributed by atoms with Gasteiger partial charge in [0, 0.05) is 18.5 Å². The van der Waals surface area contributed by atoms with E-state index in [1.165, 1.54) is 22.7 Å². The van der Waals surface area contributed by atoms with Gasteiger partial charge in [-0.2, -0.15) is 0 Å². The summed E-state index contributed by atoms with van der Waals surface area (Å²) in [5.74, 6) is -0.385. The van der Waals surface area contributed by atoms with Crippen LogP contribution in [0.2, 0.25) is 0 Å². The molecule has 5 rings (SSSR count). The molecule has 2 aromatic heterocycles. The number of thiazole rings is 1. The fourth-order valence-corrected chi connectivity index (χ4v) is 5.23. The first kappa shape index (κ1) is 18.3. The van der Waals surface area contributed by atoms with Gasteiger partial charge in [0.2, 0.25) is 0 Å². The fourth-order valence-electron chi connectivity index (χ4n) is 3.61. The number of carbonyl (C=O) groups excluding carboxylic acids is 2. The number of nitrogens with one attached hydrogen (secondary N) is 1. The highest BCUT2D eigenvalue weighted by molar-refractivity contribution is 7.16. The van der Waals surface area contributed by atoms with Crippen LogP contribution in [-0.2, 0) is 0 Å². The first-order valence-electron chi connectivity index (χ1n) is 9.32. The quantitative estimate of drug-likeness (QED) is 0.664. The van der Waals surface area contributed by atoms with E-state index >= 15 is 0 Å². The summed E-state index contributed by atoms with van der Waals surface area (Å²) in [6.45, 7) is 1.49. The summed E-state index contributed by atoms with van der Waals surface area (Å²) >= 11 is 2.69. The highest BCUT2D eigenvalue weighted by Gasteiger charge is 2.37. The molecule has 4 heterocycles. The number of nitrogens with zero attached hydrogens (tertiary/aromatic N) is 3. The van der Waals surface area contributed by atoms with Gasteiger partial charge in [0.15, 0.2) is 5.13 Å². The minimum Gasteiger partial charge on any atom is -0.393 e. The number of benzene rings is 1. The zero-order chi connectivity index (χ0) is 20.0. The lowest BCUT2D eigenvalue weighted by Gasteiger charge is -2.32. The average Bonchev–Trinajstić information content (AvgIpc) is 3.37. The van der Waals surface area contributed by atoms with E-state index < -0.39 is 0 Å². The monoisotopic (exact) mass is 426 g/mol. The van der Waals surface area contributed by atoms with Crippen molar-refractivity contribution in [2.45, 2.75) is 18.9 Å². The zero-order valence-electron chi connectivity index (χ0n) is 15.4. The van der Waals surface area contributed by atoms with Crippen LogP contribution in [0.15, 0.2) is 41.1 Å². The molecule has 2 amide bonds. The number of rotatable bonds is 4. The van der Waals surface area contributed by atoms with Gasteiger partial charge in [0.25, 0.3) is 11.8 Å². The number of aliphatic hydroxyl groups excluding tert-OH is 1. The predicted octanol–water partition coefficient (Wildman–Crippen LogP) is 3.71. The molecule has 0 radical (unpaired) electrons. The number of hydrogen-bond donors (Lipinski definition) is 2. The van der Waals surface area contributed by atoms with E-state index in [9.17, 15) is 14.7 Å². The van der Waals surface area contributed by atoms with E-state index in [-0.39, 0.29) is 23.6 Å². The van der Waals surface area contributed by atoms with Gasteiger partial charge in [-0.05, 0) is 36.4 Å². The van der Waals surface area contributed by atoms with Gasteiger partial charge in [-0.15, -0.1) is 22.7 Å². The Kier molecular flexibility index (Phi) is 4.57. The third-order valence-electron chi connectivity index (χ3n) is 5.16. The second-order valence-corrected chi connectivity index (χ2v) is 8.73. The van der Waals surface area contributed by atoms with Crippen LogP contribution < -0.4 is 15.1 Å². The number of fused-ring (bicyclic) bond motifs is 1. The maximum absolute atomic E-state index is 12.8. The molecule has 0 unspecified atom stereocenters. The van der Waals surface area contributed by atoms with Gasteiger partial charge in [-0.1, -0.05) is 12.1 Å². The molecule has 0 bridgehead atoms. The van der Waals surface area contributed by atoms with Crippen LogP contribution in [-0.4, -0.2) is 41.1 Å². The second kappa shape index (κ2) is 7.25. The molecule has 0 saturated carbocycles. The van der Waals surface area contributed by atoms with Gasteiger partial charge in [-0.3, -0.25) is 9.59 Å². The summed E-state index contributed by atoms with van der Waals surface area (Å²) in [6, 6.07) is 9.53. The summed E-state index contributed by atoms with van der Waals surface area (Å²) in [6.07, 6.45) is 1.17. The van der Waals surface area contributed by atoms with Gasteiger partial charge >= 0.3 is 0 Å². The number of amides is 2. The number of para-hydroxylation sites is 2. The normalized spacial score (nSPS) is 16.5. The van der Waals surface area contributed by atoms with E-state index in [0.717, 1.165) is 29.3 Å². The van der Waals surface area contributed by atoms with Crippen molar-refractivity contribution in [2.24, 2.45) is 0 Å². The number of carbonyl (C=O) groups is 2. The molecular weight excluding hydrogens is 408 g/mol. The molecule has 2 aliphatic heterocycles. The molecule has 148 valence electrons. The van der Waals surface area contributed by atoms with Gasteiger partial charge in [0.1, 0.15) is 10.6 Å². The Balaban J connectivity index is 1.33. The van der Waals surface area contributed by atoms with Crippen LogP contribution >= 0.6 is 22.7 Å². The molecule has 0 aliphatic carbocycles. The first-order valence-corrected chi connectivity index (χ1v) is 11.1. The van der Waals surface area contributed by atoms with Crippen LogP contribution in [0.3, 0.4) is 0 Å². The van der Waals surface area contributed by atoms with E-state index in [4.69, 9.17) is 0 Å². The smallest absolute Gasteiger partial charge is 0.276 e. The average molecular weight is 427 g/mol. The summed E-state index contributed by atoms with van der Waals surface area (Å²) in [5, 5.41) is 16.7. The Labute approximate surface area is 175 Å². The van der Waals surface area contributed by atoms with Crippen LogP contribution in [0.5, 0.6) is 0 Å². The summed E-state index contributed by atoms with van der Waals surface area (Å²) in [7, 11) is 0. The number of hydrogen-bond acceptors (Lipinski definition) is 7. The van der Waals surface area contributed by atoms with Gasteiger partial charge in [-0.25, -0.2) is 9.88 Å². The molecule has 1 saturated heterocycles. The van der Waals surface area contributed by atoms with Crippen molar-refractivity contribution in [3.8, 4) is 0 Å². The van der Waals surface area contributed by atoms with Crippen LogP contribution in [0.4, 0.5) is 22.2 Å². The maximum atomic E-state index is 12.8. The van der Waals surface area contributed by atoms with Crippen LogP contribution in [0.1, 0.15) is 33.0 Å². The van der Waals surface area contributed by atoms with E-state index in [2.05, 4.69) is 15.2 Å². The van der Waals surface area contributed by atoms with Gasteiger partial charge < -0.3 is 15.3 Å². The van der Waals surface area contributed by atoms with Crippen LogP contribution in [0, 0.1) is 0 Å². The summed E-state index contributed by atoms with van der Waals surface area (Å²) < 4.78 is 0. The lowest BCUT2D eigenvalue weighted by molar-refractivity contribution is 0.0981. The molecule has 7 nitrogen and oxygen atoms in total. The Bertz CT molecular complexity index is 1080. The third kappa shape index (κ3) is 3.21. The fraction of sp³-hybridized carbons (Fsp3) is 0.250. The van der Waals surface area contributed by atoms with Crippen molar-refractivity contribution in [3.05, 3.63) is 51.7 Å². The van der Waals surface area contributed by atoms with E-state index in [1.54, 1.807) is 10.3 Å². The molecule has 0 atom stereocenters. The molecular formula is C20H18N4O3S2. The molecule has 2 N–H and O–H groups in total. The molecule has 2 aliphatic rings. The standard InChI is InChI=1S/C20H18N4O3S2/c25-12-5-8-23(9-6-12)15-4-2-1-3-13(15)21-18(26)14-11-29-20(22-14)24-16-7-10-28-17(16)19(24)27/h1-4,7,10-12,25H,5-6,8-9H2,(H,21,26). The van der Waals surface area contributed by atoms with Crippen molar-refractivity contribution in [1.29, 1.82) is 0 Å². The van der Waals surface area contributed by atoms with Crippen molar-refractivity contribution in [3.63, 3.8) is 0 Å². The van der Waals surface area contributed by atoms with E-state index in [1.807, 2.05) is 35.7 Å². The summed E-state index contributed by atoms with van der Waals surface area (Å²) in [5.41, 5.74) is 2.77. The van der Waals surface area contributed by atoms with Gasteiger partial charge in [0.05, 0.1) is 23.2 Å². The number of aromatic nitrogens is 1. The third-order valence-corrected chi connectivity index (χ3v) is 6.87. The molecule has 9 heteroatoms. The second-order valence-electron chi connectivity index (χ2n) is 6.98. The Morgan fingerprint density at radius 3 is 2.76 bits per heavy atom. The Morgan fingerprint density at radius 2 is 1.93 bits per heavy atom. The predicted molar refractivity (Wildman–Crippen MR) is 115 cm³/mol. The zero-order valence-corrected chi connectivity index (χ0v) is 17.0. The van der Waals surface area contributed by atoms with Crippen LogP contribution in [0.25, 0.3) is 0 Å². The molecule has 3 aromatic rings. The SMILES string of the molecule is O=C(Nc1ccccc1N1CCC(O)CC1)c1csc(N2C(=O)c3sccc32)n1. The molecule has 1 aromatic carbocycles. The number of thiophene rings is 1. The highest BCUT2D eigenvalue weighted by Crippen LogP contribution is 2.43. The maximum Gasteiger partial charge on any atom is 0.276 e. The molecule has 1 fully saturated rings. The number of anilines is 4. The minimum atomic E-state index is -0.310. The van der Waals surface area contributed by atoms with Crippen molar-refractivity contribution >= 4 is 56.7 Å². The highest BCUT2D eigenvalue weighted by atomic mass is 32.1. The number of piperidine rings is 1. The topological polar surface area (TPSA) is 85.8 Å². The summed E-state index contributed by atoms with van der Waals surface area (Å²) in [4.78, 5) is 33.8. The Hall–Kier alpha value is -2.75. The molecule has 0 spiro atoms. The lowest BCUT2D eigenvalue weighted by atomic mass is 10.1.